The monoisotopic (exact) mass is 354 g/mol. The second kappa shape index (κ2) is 4.36. The smallest absolute Gasteiger partial charge is 0.231 e. The van der Waals surface area contributed by atoms with Gasteiger partial charge in [-0.1, -0.05) is 0 Å². The van der Waals surface area contributed by atoms with E-state index in [4.69, 9.17) is 4.74 Å². The van der Waals surface area contributed by atoms with E-state index in [0.717, 1.165) is 22.7 Å². The lowest BCUT2D eigenvalue weighted by Crippen LogP contribution is -2.13. The zero-order valence-electron chi connectivity index (χ0n) is 8.60. The maximum atomic E-state index is 11.2. The average Bonchev–Trinajstić information content (AvgIpc) is 2.92. The molecule has 0 saturated heterocycles. The number of hydrogen-bond acceptors (Lipinski definition) is 4. The van der Waals surface area contributed by atoms with E-state index in [2.05, 4.69) is 32.3 Å². The van der Waals surface area contributed by atoms with Crippen LogP contribution in [0.2, 0.25) is 0 Å². The Labute approximate surface area is 108 Å². The van der Waals surface area contributed by atoms with E-state index in [1.807, 2.05) is 0 Å². The van der Waals surface area contributed by atoms with Crippen LogP contribution >= 0.6 is 22.6 Å². The molecule has 16 heavy (non-hydrogen) atoms. The molecule has 88 valence electrons. The number of ether oxygens (including phenoxy) is 1. The van der Waals surface area contributed by atoms with Crippen molar-refractivity contribution in [2.45, 2.75) is 18.9 Å². The zero-order chi connectivity index (χ0) is 11.8. The van der Waals surface area contributed by atoms with E-state index >= 15 is 0 Å². The number of hydrogen-bond donors (Lipinski definition) is 1. The van der Waals surface area contributed by atoms with Gasteiger partial charge in [-0.3, -0.25) is 4.72 Å². The minimum Gasteiger partial charge on any atom is -0.485 e. The van der Waals surface area contributed by atoms with E-state index in [9.17, 15) is 8.42 Å². The highest BCUT2D eigenvalue weighted by molar-refractivity contribution is 14.1. The Kier molecular flexibility index (Phi) is 3.24. The van der Waals surface area contributed by atoms with Crippen molar-refractivity contribution in [1.29, 1.82) is 0 Å². The highest BCUT2D eigenvalue weighted by atomic mass is 127. The Morgan fingerprint density at radius 3 is 2.81 bits per heavy atom. The first-order valence-corrected chi connectivity index (χ1v) is 7.71. The number of pyridine rings is 1. The Hall–Kier alpha value is -0.570. The van der Waals surface area contributed by atoms with E-state index in [1.165, 1.54) is 0 Å². The molecule has 5 nitrogen and oxygen atoms in total. The number of nitrogens with zero attached hydrogens (tertiary/aromatic N) is 1. The lowest BCUT2D eigenvalue weighted by Gasteiger charge is -2.12. The quantitative estimate of drug-likeness (QED) is 0.834. The van der Waals surface area contributed by atoms with Crippen molar-refractivity contribution >= 4 is 38.4 Å². The molecule has 1 saturated carbocycles. The van der Waals surface area contributed by atoms with Gasteiger partial charge in [-0.25, -0.2) is 13.4 Å². The van der Waals surface area contributed by atoms with Crippen LogP contribution in [0, 0.1) is 3.57 Å². The normalized spacial score (nSPS) is 15.9. The Balaban J connectivity index is 2.31. The molecule has 0 unspecified atom stereocenters. The fourth-order valence-corrected chi connectivity index (χ4v) is 2.18. The molecule has 1 fully saturated rings. The topological polar surface area (TPSA) is 68.3 Å². The van der Waals surface area contributed by atoms with Crippen LogP contribution in [0.3, 0.4) is 0 Å². The SMILES string of the molecule is CS(=O)(=O)Nc1nccc(I)c1OC1CC1. The average molecular weight is 354 g/mol. The number of aromatic nitrogens is 1. The van der Waals surface area contributed by atoms with Crippen LogP contribution in [0.1, 0.15) is 12.8 Å². The third-order valence-electron chi connectivity index (χ3n) is 1.95. The van der Waals surface area contributed by atoms with Crippen LogP contribution in [0.25, 0.3) is 0 Å². The predicted molar refractivity (Wildman–Crippen MR) is 69.1 cm³/mol. The van der Waals surface area contributed by atoms with Crippen molar-refractivity contribution in [2.24, 2.45) is 0 Å². The van der Waals surface area contributed by atoms with E-state index < -0.39 is 10.0 Å². The molecule has 0 aliphatic heterocycles. The first-order chi connectivity index (χ1) is 7.46. The molecule has 1 aliphatic rings. The molecule has 1 aromatic rings. The highest BCUT2D eigenvalue weighted by Crippen LogP contribution is 2.34. The molecule has 1 N–H and O–H groups in total. The van der Waals surface area contributed by atoms with Crippen molar-refractivity contribution in [3.8, 4) is 5.75 Å². The fourth-order valence-electron chi connectivity index (χ4n) is 1.14. The Bertz CT molecular complexity index is 499. The lowest BCUT2D eigenvalue weighted by molar-refractivity contribution is 0.301. The van der Waals surface area contributed by atoms with Crippen molar-refractivity contribution in [3.05, 3.63) is 15.8 Å². The second-order valence-corrected chi connectivity index (χ2v) is 6.57. The third kappa shape index (κ3) is 3.21. The van der Waals surface area contributed by atoms with E-state index in [-0.39, 0.29) is 11.9 Å². The van der Waals surface area contributed by atoms with Gasteiger partial charge in [-0.15, -0.1) is 0 Å². The molecule has 0 radical (unpaired) electrons. The predicted octanol–water partition coefficient (Wildman–Crippen LogP) is 1.60. The van der Waals surface area contributed by atoms with Gasteiger partial charge in [-0.05, 0) is 41.5 Å². The summed E-state index contributed by atoms with van der Waals surface area (Å²) in [7, 11) is -3.33. The highest BCUT2D eigenvalue weighted by Gasteiger charge is 2.26. The molecule has 2 rings (SSSR count). The van der Waals surface area contributed by atoms with Gasteiger partial charge >= 0.3 is 0 Å². The van der Waals surface area contributed by atoms with Crippen molar-refractivity contribution in [2.75, 3.05) is 11.0 Å². The minimum atomic E-state index is -3.33. The zero-order valence-corrected chi connectivity index (χ0v) is 11.6. The van der Waals surface area contributed by atoms with Crippen molar-refractivity contribution < 1.29 is 13.2 Å². The first kappa shape index (κ1) is 11.9. The van der Waals surface area contributed by atoms with Gasteiger partial charge in [0.15, 0.2) is 11.6 Å². The summed E-state index contributed by atoms with van der Waals surface area (Å²) in [5.74, 6) is 0.789. The molecule has 7 heteroatoms. The third-order valence-corrected chi connectivity index (χ3v) is 3.36. The summed E-state index contributed by atoms with van der Waals surface area (Å²) in [6.45, 7) is 0. The Morgan fingerprint density at radius 1 is 1.56 bits per heavy atom. The maximum absolute atomic E-state index is 11.2. The molecule has 0 bridgehead atoms. The summed E-state index contributed by atoms with van der Waals surface area (Å²) in [6.07, 6.45) is 4.88. The molecule has 0 aromatic carbocycles. The summed E-state index contributed by atoms with van der Waals surface area (Å²) < 4.78 is 31.2. The lowest BCUT2D eigenvalue weighted by atomic mass is 10.4. The van der Waals surface area contributed by atoms with Gasteiger partial charge in [0, 0.05) is 6.20 Å². The van der Waals surface area contributed by atoms with Crippen LogP contribution in [0.15, 0.2) is 12.3 Å². The molecule has 0 spiro atoms. The second-order valence-electron chi connectivity index (χ2n) is 3.66. The van der Waals surface area contributed by atoms with Crippen LogP contribution < -0.4 is 9.46 Å². The number of halogens is 1. The van der Waals surface area contributed by atoms with Crippen LogP contribution in [0.5, 0.6) is 5.75 Å². The molecular weight excluding hydrogens is 343 g/mol. The maximum Gasteiger partial charge on any atom is 0.231 e. The number of sulfonamides is 1. The van der Waals surface area contributed by atoms with Gasteiger partial charge in [0.1, 0.15) is 0 Å². The van der Waals surface area contributed by atoms with Gasteiger partial charge in [0.2, 0.25) is 10.0 Å². The minimum absolute atomic E-state index is 0.206. The first-order valence-electron chi connectivity index (χ1n) is 4.74. The number of rotatable bonds is 4. The molecular formula is C9H11IN2O3S. The summed E-state index contributed by atoms with van der Waals surface area (Å²) in [4.78, 5) is 3.99. The van der Waals surface area contributed by atoms with Crippen LogP contribution in [0.4, 0.5) is 5.82 Å². The summed E-state index contributed by atoms with van der Waals surface area (Å²) in [5.41, 5.74) is 0. The molecule has 1 heterocycles. The van der Waals surface area contributed by atoms with Crippen LogP contribution in [-0.2, 0) is 10.0 Å². The molecule has 0 atom stereocenters. The van der Waals surface area contributed by atoms with Crippen molar-refractivity contribution in [1.82, 2.24) is 4.98 Å². The summed E-state index contributed by atoms with van der Waals surface area (Å²) in [6, 6.07) is 1.78. The Morgan fingerprint density at radius 2 is 2.25 bits per heavy atom. The molecule has 0 amide bonds. The van der Waals surface area contributed by atoms with Crippen LogP contribution in [-0.4, -0.2) is 25.8 Å². The standard InChI is InChI=1S/C9H11IN2O3S/c1-16(13,14)12-9-8(15-6-2-3-6)7(10)4-5-11-9/h4-6H,2-3H2,1H3,(H,11,12). The molecule has 1 aliphatic carbocycles. The van der Waals surface area contributed by atoms with Gasteiger partial charge in [0.25, 0.3) is 0 Å². The largest absolute Gasteiger partial charge is 0.485 e. The van der Waals surface area contributed by atoms with Gasteiger partial charge in [-0.2, -0.15) is 0 Å². The van der Waals surface area contributed by atoms with E-state index in [1.54, 1.807) is 12.3 Å². The van der Waals surface area contributed by atoms with Gasteiger partial charge in [0.05, 0.1) is 15.9 Å². The van der Waals surface area contributed by atoms with Gasteiger partial charge < -0.3 is 4.74 Å². The fraction of sp³-hybridized carbons (Fsp3) is 0.444. The van der Waals surface area contributed by atoms with E-state index in [0.29, 0.717) is 5.75 Å². The summed E-state index contributed by atoms with van der Waals surface area (Å²) in [5, 5.41) is 0. The number of nitrogens with one attached hydrogen (secondary N) is 1. The summed E-state index contributed by atoms with van der Waals surface area (Å²) >= 11 is 2.10. The number of anilines is 1. The van der Waals surface area contributed by atoms with Crippen molar-refractivity contribution in [3.63, 3.8) is 0 Å². The molecule has 1 aromatic heterocycles.